The molecular weight excluding hydrogens is 294 g/mol. The lowest BCUT2D eigenvalue weighted by atomic mass is 10.2. The van der Waals surface area contributed by atoms with Crippen molar-refractivity contribution in [3.05, 3.63) is 16.2 Å². The number of aliphatic hydroxyl groups is 1. The van der Waals surface area contributed by atoms with Crippen molar-refractivity contribution in [3.8, 4) is 0 Å². The van der Waals surface area contributed by atoms with Crippen molar-refractivity contribution in [1.29, 1.82) is 0 Å². The first kappa shape index (κ1) is 17.1. The van der Waals surface area contributed by atoms with Crippen molar-refractivity contribution in [2.75, 3.05) is 14.1 Å². The fraction of sp³-hybridized carbons (Fsp3) is 0.417. The molecule has 0 bridgehead atoms. The van der Waals surface area contributed by atoms with Crippen LogP contribution in [0, 0.1) is 4.91 Å². The van der Waals surface area contributed by atoms with Gasteiger partial charge in [0.25, 0.3) is 5.91 Å². The molecular formula is C12H15N5O5. The number of carbonyl (C=O) groups excluding carboxylic acids is 3. The van der Waals surface area contributed by atoms with E-state index in [1.165, 1.54) is 27.9 Å². The summed E-state index contributed by atoms with van der Waals surface area (Å²) in [7, 11) is 2.52. The molecule has 118 valence electrons. The van der Waals surface area contributed by atoms with E-state index in [1.54, 1.807) is 0 Å². The normalized spacial score (nSPS) is 22.4. The second kappa shape index (κ2) is 6.70. The molecule has 1 rings (SSSR count). The van der Waals surface area contributed by atoms with Gasteiger partial charge in [0.05, 0.1) is 11.8 Å². The summed E-state index contributed by atoms with van der Waals surface area (Å²) in [4.78, 5) is 47.3. The van der Waals surface area contributed by atoms with Crippen LogP contribution in [0.5, 0.6) is 0 Å². The Bertz CT molecular complexity index is 617. The molecule has 1 aliphatic rings. The molecule has 1 aliphatic heterocycles. The van der Waals surface area contributed by atoms with Gasteiger partial charge in [-0.15, -0.1) is 10.0 Å². The van der Waals surface area contributed by atoms with E-state index in [4.69, 9.17) is 0 Å². The van der Waals surface area contributed by atoms with Gasteiger partial charge in [0, 0.05) is 14.1 Å². The molecule has 3 amide bonds. The Labute approximate surface area is 125 Å². The van der Waals surface area contributed by atoms with E-state index in [0.717, 1.165) is 16.0 Å². The molecule has 10 heteroatoms. The Hall–Kier alpha value is -2.91. The van der Waals surface area contributed by atoms with Crippen LogP contribution in [0.1, 0.15) is 13.8 Å². The summed E-state index contributed by atoms with van der Waals surface area (Å²) in [6.45, 7) is 2.51. The van der Waals surface area contributed by atoms with Gasteiger partial charge in [0.15, 0.2) is 11.6 Å². The molecule has 0 aliphatic carbocycles. The number of carbonyl (C=O) groups is 3. The smallest absolute Gasteiger partial charge is 0.331 e. The van der Waals surface area contributed by atoms with Crippen LogP contribution in [0.4, 0.5) is 4.79 Å². The van der Waals surface area contributed by atoms with E-state index in [0.29, 0.717) is 0 Å². The quantitative estimate of drug-likeness (QED) is 0.265. The lowest BCUT2D eigenvalue weighted by molar-refractivity contribution is -0.128. The fourth-order valence-electron chi connectivity index (χ4n) is 1.69. The molecule has 22 heavy (non-hydrogen) atoms. The molecule has 0 saturated carbocycles. The number of likely N-dealkylation sites (N-methyl/N-ethyl adjacent to an activating group) is 2. The molecule has 1 saturated heterocycles. The summed E-state index contributed by atoms with van der Waals surface area (Å²) in [5, 5.41) is 19.1. The van der Waals surface area contributed by atoms with Crippen molar-refractivity contribution in [1.82, 2.24) is 9.80 Å². The van der Waals surface area contributed by atoms with Gasteiger partial charge in [-0.2, -0.15) is 5.10 Å². The summed E-state index contributed by atoms with van der Waals surface area (Å²) in [6.07, 6.45) is 0.966. The minimum Gasteiger partial charge on any atom is -0.512 e. The third-order valence-electron chi connectivity index (χ3n) is 2.95. The number of imide groups is 1. The molecule has 1 atom stereocenters. The largest absolute Gasteiger partial charge is 0.512 e. The highest BCUT2D eigenvalue weighted by Gasteiger charge is 2.42. The van der Waals surface area contributed by atoms with Crippen LogP contribution in [0.3, 0.4) is 0 Å². The predicted molar refractivity (Wildman–Crippen MR) is 77.4 cm³/mol. The number of urea groups is 1. The molecule has 1 N–H and O–H groups in total. The van der Waals surface area contributed by atoms with Crippen molar-refractivity contribution < 1.29 is 19.5 Å². The number of hydrogen-bond donors (Lipinski definition) is 1. The minimum atomic E-state index is -1.51. The SMILES string of the molecule is CC(=O)C(/C=N/N=C1\C(N=O)C(=O)N(C)C(=O)N1C)=C(/C)O. The van der Waals surface area contributed by atoms with Gasteiger partial charge >= 0.3 is 6.03 Å². The first-order valence-electron chi connectivity index (χ1n) is 6.11. The third kappa shape index (κ3) is 3.22. The van der Waals surface area contributed by atoms with Gasteiger partial charge < -0.3 is 5.11 Å². The topological polar surface area (TPSA) is 132 Å². The van der Waals surface area contributed by atoms with Crippen molar-refractivity contribution in [3.63, 3.8) is 0 Å². The van der Waals surface area contributed by atoms with Crippen molar-refractivity contribution in [2.45, 2.75) is 19.9 Å². The molecule has 0 aromatic heterocycles. The van der Waals surface area contributed by atoms with Crippen LogP contribution in [0.2, 0.25) is 0 Å². The van der Waals surface area contributed by atoms with Gasteiger partial charge in [-0.1, -0.05) is 0 Å². The number of nitrogens with zero attached hydrogens (tertiary/aromatic N) is 5. The summed E-state index contributed by atoms with van der Waals surface area (Å²) in [6, 6.07) is -2.20. The Morgan fingerprint density at radius 1 is 1.23 bits per heavy atom. The van der Waals surface area contributed by atoms with E-state index in [1.807, 2.05) is 0 Å². The fourth-order valence-corrected chi connectivity index (χ4v) is 1.69. The highest BCUT2D eigenvalue weighted by molar-refractivity contribution is 6.20. The number of rotatable bonds is 4. The van der Waals surface area contributed by atoms with E-state index in [-0.39, 0.29) is 17.2 Å². The second-order valence-corrected chi connectivity index (χ2v) is 4.50. The standard InChI is InChI=1S/C12H15N5O5/c1-6(18)8(7(2)19)5-13-14-10-9(15-22)11(20)17(4)12(21)16(10)3/h5,9,18H,1-4H3/b8-6-,13-5+,14-10+. The van der Waals surface area contributed by atoms with Crippen LogP contribution in [-0.4, -0.2) is 64.8 Å². The zero-order valence-corrected chi connectivity index (χ0v) is 12.5. The average molecular weight is 309 g/mol. The molecule has 1 unspecified atom stereocenters. The van der Waals surface area contributed by atoms with Gasteiger partial charge in [0.2, 0.25) is 6.04 Å². The van der Waals surface area contributed by atoms with Crippen molar-refractivity contribution >= 4 is 29.8 Å². The van der Waals surface area contributed by atoms with Gasteiger partial charge in [0.1, 0.15) is 5.76 Å². The lowest BCUT2D eigenvalue weighted by Crippen LogP contribution is -2.58. The molecule has 0 radical (unpaired) electrons. The van der Waals surface area contributed by atoms with Crippen LogP contribution in [0.25, 0.3) is 0 Å². The number of amidine groups is 1. The maximum atomic E-state index is 11.8. The number of amides is 3. The number of nitroso groups, excluding NO2 is 1. The van der Waals surface area contributed by atoms with Gasteiger partial charge in [-0.05, 0) is 19.0 Å². The van der Waals surface area contributed by atoms with E-state index >= 15 is 0 Å². The summed E-state index contributed by atoms with van der Waals surface area (Å²) in [5.74, 6) is -1.80. The Kier molecular flexibility index (Phi) is 5.22. The van der Waals surface area contributed by atoms with Crippen LogP contribution >= 0.6 is 0 Å². The average Bonchev–Trinajstić information content (AvgIpc) is 2.45. The van der Waals surface area contributed by atoms with Gasteiger partial charge in [-0.25, -0.2) is 4.79 Å². The van der Waals surface area contributed by atoms with Gasteiger partial charge in [-0.3, -0.25) is 19.4 Å². The zero-order valence-electron chi connectivity index (χ0n) is 12.5. The molecule has 10 nitrogen and oxygen atoms in total. The Morgan fingerprint density at radius 3 is 2.27 bits per heavy atom. The first-order chi connectivity index (χ1) is 10.2. The summed E-state index contributed by atoms with van der Waals surface area (Å²) in [5.41, 5.74) is -0.0896. The highest BCUT2D eigenvalue weighted by Crippen LogP contribution is 2.13. The van der Waals surface area contributed by atoms with E-state index in [9.17, 15) is 24.4 Å². The number of aliphatic hydroxyl groups excluding tert-OH is 1. The van der Waals surface area contributed by atoms with Crippen molar-refractivity contribution in [2.24, 2.45) is 15.4 Å². The number of ketones is 1. The second-order valence-electron chi connectivity index (χ2n) is 4.50. The third-order valence-corrected chi connectivity index (χ3v) is 2.95. The molecule has 0 aromatic carbocycles. The number of Topliss-reactive ketones (excluding diaryl/α,β-unsaturated/α-hetero) is 1. The predicted octanol–water partition coefficient (Wildman–Crippen LogP) is 0.451. The lowest BCUT2D eigenvalue weighted by Gasteiger charge is -2.31. The molecule has 0 aromatic rings. The summed E-state index contributed by atoms with van der Waals surface area (Å²) >= 11 is 0. The summed E-state index contributed by atoms with van der Waals surface area (Å²) < 4.78 is 0. The number of hydrogen-bond acceptors (Lipinski definition) is 8. The van der Waals surface area contributed by atoms with E-state index < -0.39 is 23.8 Å². The van der Waals surface area contributed by atoms with Crippen LogP contribution in [-0.2, 0) is 9.59 Å². The maximum Gasteiger partial charge on any atom is 0.331 e. The minimum absolute atomic E-state index is 0.0896. The Morgan fingerprint density at radius 2 is 1.82 bits per heavy atom. The van der Waals surface area contributed by atoms with Crippen LogP contribution < -0.4 is 0 Å². The number of allylic oxidation sites excluding steroid dienone is 2. The monoisotopic (exact) mass is 309 g/mol. The Balaban J connectivity index is 3.19. The van der Waals surface area contributed by atoms with E-state index in [2.05, 4.69) is 15.4 Å². The molecule has 1 fully saturated rings. The highest BCUT2D eigenvalue weighted by atomic mass is 16.3. The first-order valence-corrected chi connectivity index (χ1v) is 6.11. The maximum absolute atomic E-state index is 11.8. The van der Waals surface area contributed by atoms with Crippen LogP contribution in [0.15, 0.2) is 26.7 Å². The molecule has 0 spiro atoms. The zero-order chi connectivity index (χ0) is 17.0. The molecule has 1 heterocycles.